The van der Waals surface area contributed by atoms with E-state index >= 15 is 0 Å². The van der Waals surface area contributed by atoms with E-state index in [-0.39, 0.29) is 29.5 Å². The summed E-state index contributed by atoms with van der Waals surface area (Å²) < 4.78 is 27.7. The standard InChI is InChI=1S/C22H20F2N4O2/c23-17-4-6-19(7-5-17)26-10-12-27(13-11-26)22(30)20-8-9-21(29)28(25-20)15-16-2-1-3-18(24)14-16/h1-9,14H,10-13,15H2. The second kappa shape index (κ2) is 8.44. The lowest BCUT2D eigenvalue weighted by Crippen LogP contribution is -2.49. The van der Waals surface area contributed by atoms with E-state index in [0.29, 0.717) is 31.7 Å². The van der Waals surface area contributed by atoms with E-state index < -0.39 is 5.82 Å². The summed E-state index contributed by atoms with van der Waals surface area (Å²) in [4.78, 5) is 28.8. The van der Waals surface area contributed by atoms with Crippen molar-refractivity contribution in [2.24, 2.45) is 0 Å². The lowest BCUT2D eigenvalue weighted by molar-refractivity contribution is 0.0738. The van der Waals surface area contributed by atoms with Crippen LogP contribution in [0.4, 0.5) is 14.5 Å². The minimum Gasteiger partial charge on any atom is -0.368 e. The van der Waals surface area contributed by atoms with Crippen LogP contribution in [0.25, 0.3) is 0 Å². The zero-order valence-corrected chi connectivity index (χ0v) is 16.2. The second-order valence-corrected chi connectivity index (χ2v) is 7.10. The highest BCUT2D eigenvalue weighted by molar-refractivity contribution is 5.92. The molecular weight excluding hydrogens is 390 g/mol. The van der Waals surface area contributed by atoms with E-state index in [0.717, 1.165) is 10.4 Å². The number of amides is 1. The molecule has 1 saturated heterocycles. The van der Waals surface area contributed by atoms with Gasteiger partial charge >= 0.3 is 0 Å². The van der Waals surface area contributed by atoms with Crippen molar-refractivity contribution in [1.29, 1.82) is 0 Å². The third-order valence-electron chi connectivity index (χ3n) is 5.07. The molecule has 0 saturated carbocycles. The lowest BCUT2D eigenvalue weighted by Gasteiger charge is -2.36. The maximum Gasteiger partial charge on any atom is 0.274 e. The highest BCUT2D eigenvalue weighted by Crippen LogP contribution is 2.17. The van der Waals surface area contributed by atoms with Crippen LogP contribution in [0.1, 0.15) is 16.1 Å². The van der Waals surface area contributed by atoms with Gasteiger partial charge in [-0.05, 0) is 48.0 Å². The first-order valence-electron chi connectivity index (χ1n) is 9.62. The number of hydrogen-bond acceptors (Lipinski definition) is 4. The van der Waals surface area contributed by atoms with E-state index in [1.165, 1.54) is 36.4 Å². The molecule has 0 bridgehead atoms. The average Bonchev–Trinajstić information content (AvgIpc) is 2.75. The highest BCUT2D eigenvalue weighted by Gasteiger charge is 2.23. The van der Waals surface area contributed by atoms with Gasteiger partial charge in [-0.2, -0.15) is 5.10 Å². The Hall–Kier alpha value is -3.55. The smallest absolute Gasteiger partial charge is 0.274 e. The Labute approximate surface area is 172 Å². The number of carbonyl (C=O) groups is 1. The van der Waals surface area contributed by atoms with Gasteiger partial charge in [-0.15, -0.1) is 0 Å². The van der Waals surface area contributed by atoms with Gasteiger partial charge in [0, 0.05) is 37.9 Å². The van der Waals surface area contributed by atoms with Crippen molar-refractivity contribution in [2.75, 3.05) is 31.1 Å². The fourth-order valence-electron chi connectivity index (χ4n) is 3.47. The van der Waals surface area contributed by atoms with E-state index in [1.54, 1.807) is 29.2 Å². The number of halogens is 2. The van der Waals surface area contributed by atoms with Gasteiger partial charge in [0.1, 0.15) is 17.3 Å². The van der Waals surface area contributed by atoms with E-state index in [9.17, 15) is 18.4 Å². The zero-order valence-electron chi connectivity index (χ0n) is 16.2. The Bertz CT molecular complexity index is 1110. The molecular formula is C22H20F2N4O2. The fourth-order valence-corrected chi connectivity index (χ4v) is 3.47. The van der Waals surface area contributed by atoms with Crippen LogP contribution in [0, 0.1) is 11.6 Å². The molecule has 2 aromatic carbocycles. The molecule has 1 aromatic heterocycles. The summed E-state index contributed by atoms with van der Waals surface area (Å²) in [6, 6.07) is 14.9. The van der Waals surface area contributed by atoms with Gasteiger partial charge in [0.25, 0.3) is 11.5 Å². The largest absolute Gasteiger partial charge is 0.368 e. The van der Waals surface area contributed by atoms with Crippen molar-refractivity contribution >= 4 is 11.6 Å². The summed E-state index contributed by atoms with van der Waals surface area (Å²) in [7, 11) is 0. The Morgan fingerprint density at radius 2 is 1.63 bits per heavy atom. The first-order chi connectivity index (χ1) is 14.5. The molecule has 3 aromatic rings. The average molecular weight is 410 g/mol. The summed E-state index contributed by atoms with van der Waals surface area (Å²) in [5.41, 5.74) is 1.30. The molecule has 1 aliphatic rings. The summed E-state index contributed by atoms with van der Waals surface area (Å²) in [5, 5.41) is 4.19. The van der Waals surface area contributed by atoms with Crippen molar-refractivity contribution in [3.8, 4) is 0 Å². The van der Waals surface area contributed by atoms with Gasteiger partial charge in [-0.25, -0.2) is 13.5 Å². The highest BCUT2D eigenvalue weighted by atomic mass is 19.1. The number of aromatic nitrogens is 2. The van der Waals surface area contributed by atoms with Crippen LogP contribution in [-0.4, -0.2) is 46.8 Å². The van der Waals surface area contributed by atoms with Gasteiger partial charge in [0.2, 0.25) is 0 Å². The maximum absolute atomic E-state index is 13.4. The number of rotatable bonds is 4. The summed E-state index contributed by atoms with van der Waals surface area (Å²) >= 11 is 0. The Kier molecular flexibility index (Phi) is 5.56. The molecule has 0 unspecified atom stereocenters. The summed E-state index contributed by atoms with van der Waals surface area (Å²) in [6.07, 6.45) is 0. The minimum atomic E-state index is -0.396. The SMILES string of the molecule is O=C(c1ccc(=O)n(Cc2cccc(F)c2)n1)N1CCN(c2ccc(F)cc2)CC1. The molecule has 0 aliphatic carbocycles. The molecule has 154 valence electrons. The number of nitrogens with zero attached hydrogens (tertiary/aromatic N) is 4. The van der Waals surface area contributed by atoms with Crippen LogP contribution in [0.3, 0.4) is 0 Å². The Morgan fingerprint density at radius 3 is 2.33 bits per heavy atom. The van der Waals surface area contributed by atoms with E-state index in [2.05, 4.69) is 10.00 Å². The van der Waals surface area contributed by atoms with Crippen LogP contribution in [0.15, 0.2) is 65.5 Å². The van der Waals surface area contributed by atoms with Crippen molar-refractivity contribution < 1.29 is 13.6 Å². The molecule has 6 nitrogen and oxygen atoms in total. The molecule has 0 atom stereocenters. The molecule has 1 amide bonds. The molecule has 8 heteroatoms. The maximum atomic E-state index is 13.4. The van der Waals surface area contributed by atoms with Gasteiger partial charge < -0.3 is 9.80 Å². The first-order valence-corrected chi connectivity index (χ1v) is 9.62. The fraction of sp³-hybridized carbons (Fsp3) is 0.227. The van der Waals surface area contributed by atoms with Crippen LogP contribution < -0.4 is 10.5 Å². The third kappa shape index (κ3) is 4.37. The van der Waals surface area contributed by atoms with Crippen molar-refractivity contribution in [1.82, 2.24) is 14.7 Å². The summed E-state index contributed by atoms with van der Waals surface area (Å²) in [5.74, 6) is -0.944. The number of benzene rings is 2. The lowest BCUT2D eigenvalue weighted by atomic mass is 10.2. The Balaban J connectivity index is 1.45. The molecule has 1 aliphatic heterocycles. The molecule has 1 fully saturated rings. The molecule has 0 N–H and O–H groups in total. The summed E-state index contributed by atoms with van der Waals surface area (Å²) in [6.45, 7) is 2.28. The normalized spacial score (nSPS) is 14.1. The van der Waals surface area contributed by atoms with Gasteiger partial charge in [-0.3, -0.25) is 9.59 Å². The van der Waals surface area contributed by atoms with Gasteiger partial charge in [0.15, 0.2) is 0 Å². The van der Waals surface area contributed by atoms with E-state index in [1.807, 2.05) is 0 Å². The zero-order chi connectivity index (χ0) is 21.1. The molecule has 30 heavy (non-hydrogen) atoms. The quantitative estimate of drug-likeness (QED) is 0.663. The predicted molar refractivity (Wildman–Crippen MR) is 109 cm³/mol. The monoisotopic (exact) mass is 410 g/mol. The molecule has 2 heterocycles. The van der Waals surface area contributed by atoms with Crippen molar-refractivity contribution in [3.63, 3.8) is 0 Å². The van der Waals surface area contributed by atoms with Crippen LogP contribution in [-0.2, 0) is 6.54 Å². The van der Waals surface area contributed by atoms with Crippen LogP contribution in [0.5, 0.6) is 0 Å². The Morgan fingerprint density at radius 1 is 0.900 bits per heavy atom. The van der Waals surface area contributed by atoms with Crippen molar-refractivity contribution in [2.45, 2.75) is 6.54 Å². The molecule has 4 rings (SSSR count). The van der Waals surface area contributed by atoms with Gasteiger partial charge in [0.05, 0.1) is 6.54 Å². The number of anilines is 1. The second-order valence-electron chi connectivity index (χ2n) is 7.10. The molecule has 0 spiro atoms. The number of carbonyl (C=O) groups excluding carboxylic acids is 1. The number of piperazine rings is 1. The van der Waals surface area contributed by atoms with Crippen LogP contribution >= 0.6 is 0 Å². The topological polar surface area (TPSA) is 58.4 Å². The van der Waals surface area contributed by atoms with Crippen molar-refractivity contribution in [3.05, 3.63) is 93.9 Å². The molecule has 0 radical (unpaired) electrons. The number of hydrogen-bond donors (Lipinski definition) is 0. The third-order valence-corrected chi connectivity index (χ3v) is 5.07. The van der Waals surface area contributed by atoms with E-state index in [4.69, 9.17) is 0 Å². The minimum absolute atomic E-state index is 0.0794. The van der Waals surface area contributed by atoms with Gasteiger partial charge in [-0.1, -0.05) is 12.1 Å². The predicted octanol–water partition coefficient (Wildman–Crippen LogP) is 2.53. The van der Waals surface area contributed by atoms with Crippen LogP contribution in [0.2, 0.25) is 0 Å². The first kappa shape index (κ1) is 19.8.